The number of benzene rings is 1. The summed E-state index contributed by atoms with van der Waals surface area (Å²) in [6, 6.07) is 7.85. The third-order valence-corrected chi connectivity index (χ3v) is 3.45. The van der Waals surface area contributed by atoms with E-state index in [0.29, 0.717) is 29.9 Å². The van der Waals surface area contributed by atoms with Crippen LogP contribution in [0.5, 0.6) is 5.75 Å². The molecule has 1 N–H and O–H groups in total. The van der Waals surface area contributed by atoms with Crippen LogP contribution in [0.3, 0.4) is 0 Å². The van der Waals surface area contributed by atoms with Crippen LogP contribution in [0.25, 0.3) is 0 Å². The molecule has 0 radical (unpaired) electrons. The SMILES string of the molecule is CC(=O)c1ccccc1OC[C@H](O)CN(C(C)C)C(C)C. The van der Waals surface area contributed by atoms with Crippen LogP contribution < -0.4 is 4.74 Å². The minimum atomic E-state index is -0.588. The number of ketones is 1. The molecule has 1 aromatic rings. The minimum absolute atomic E-state index is 0.0360. The second-order valence-electron chi connectivity index (χ2n) is 5.90. The van der Waals surface area contributed by atoms with Crippen molar-refractivity contribution in [1.29, 1.82) is 0 Å². The number of para-hydroxylation sites is 1. The van der Waals surface area contributed by atoms with E-state index in [1.54, 1.807) is 18.2 Å². The summed E-state index contributed by atoms with van der Waals surface area (Å²) in [5.41, 5.74) is 0.550. The van der Waals surface area contributed by atoms with Gasteiger partial charge in [-0.2, -0.15) is 0 Å². The Morgan fingerprint density at radius 1 is 1.19 bits per heavy atom. The van der Waals surface area contributed by atoms with Crippen molar-refractivity contribution in [2.75, 3.05) is 13.2 Å². The van der Waals surface area contributed by atoms with E-state index in [1.807, 2.05) is 6.07 Å². The van der Waals surface area contributed by atoms with E-state index in [1.165, 1.54) is 6.92 Å². The van der Waals surface area contributed by atoms with Gasteiger partial charge < -0.3 is 9.84 Å². The van der Waals surface area contributed by atoms with Crippen LogP contribution in [0.15, 0.2) is 24.3 Å². The molecule has 0 spiro atoms. The van der Waals surface area contributed by atoms with Crippen LogP contribution in [0.1, 0.15) is 45.0 Å². The van der Waals surface area contributed by atoms with Crippen molar-refractivity contribution in [3.63, 3.8) is 0 Å². The number of aliphatic hydroxyl groups is 1. The first kappa shape index (κ1) is 17.7. The maximum Gasteiger partial charge on any atom is 0.163 e. The van der Waals surface area contributed by atoms with E-state index >= 15 is 0 Å². The Labute approximate surface area is 127 Å². The molecule has 0 saturated carbocycles. The van der Waals surface area contributed by atoms with Gasteiger partial charge in [-0.15, -0.1) is 0 Å². The van der Waals surface area contributed by atoms with Crippen molar-refractivity contribution in [1.82, 2.24) is 4.90 Å². The predicted octanol–water partition coefficient (Wildman–Crippen LogP) is 2.75. The molecule has 0 aromatic heterocycles. The third-order valence-electron chi connectivity index (χ3n) is 3.45. The third kappa shape index (κ3) is 5.48. The zero-order valence-electron chi connectivity index (χ0n) is 13.7. The normalized spacial score (nSPS) is 13.0. The molecule has 21 heavy (non-hydrogen) atoms. The molecule has 0 amide bonds. The van der Waals surface area contributed by atoms with E-state index in [9.17, 15) is 9.90 Å². The zero-order valence-corrected chi connectivity index (χ0v) is 13.7. The number of ether oxygens (including phenoxy) is 1. The first-order chi connectivity index (χ1) is 9.82. The molecule has 0 bridgehead atoms. The average molecular weight is 293 g/mol. The maximum atomic E-state index is 11.5. The molecule has 0 aliphatic heterocycles. The molecular weight excluding hydrogens is 266 g/mol. The Kier molecular flexibility index (Phi) is 6.85. The van der Waals surface area contributed by atoms with Crippen molar-refractivity contribution in [3.8, 4) is 5.75 Å². The molecule has 1 rings (SSSR count). The molecule has 0 saturated heterocycles. The van der Waals surface area contributed by atoms with Gasteiger partial charge in [-0.3, -0.25) is 9.69 Å². The Balaban J connectivity index is 2.61. The zero-order chi connectivity index (χ0) is 16.0. The van der Waals surface area contributed by atoms with E-state index in [-0.39, 0.29) is 12.4 Å². The molecule has 0 aliphatic carbocycles. The highest BCUT2D eigenvalue weighted by molar-refractivity contribution is 5.96. The lowest BCUT2D eigenvalue weighted by atomic mass is 10.1. The lowest BCUT2D eigenvalue weighted by Gasteiger charge is -2.32. The van der Waals surface area contributed by atoms with E-state index < -0.39 is 6.10 Å². The van der Waals surface area contributed by atoms with Gasteiger partial charge in [-0.1, -0.05) is 12.1 Å². The van der Waals surface area contributed by atoms with Crippen molar-refractivity contribution in [3.05, 3.63) is 29.8 Å². The second-order valence-corrected chi connectivity index (χ2v) is 5.90. The second kappa shape index (κ2) is 8.15. The molecule has 0 heterocycles. The summed E-state index contributed by atoms with van der Waals surface area (Å²) in [6.45, 7) is 10.7. The van der Waals surface area contributed by atoms with Gasteiger partial charge in [-0.25, -0.2) is 0 Å². The fraction of sp³-hybridized carbons (Fsp3) is 0.588. The fourth-order valence-electron chi connectivity index (χ4n) is 2.38. The molecule has 1 atom stereocenters. The van der Waals surface area contributed by atoms with Crippen molar-refractivity contribution in [2.24, 2.45) is 0 Å². The van der Waals surface area contributed by atoms with Gasteiger partial charge >= 0.3 is 0 Å². The van der Waals surface area contributed by atoms with Crippen LogP contribution >= 0.6 is 0 Å². The number of hydrogen-bond acceptors (Lipinski definition) is 4. The highest BCUT2D eigenvalue weighted by atomic mass is 16.5. The predicted molar refractivity (Wildman–Crippen MR) is 84.9 cm³/mol. The van der Waals surface area contributed by atoms with Gasteiger partial charge in [0.15, 0.2) is 5.78 Å². The Hall–Kier alpha value is -1.39. The Morgan fingerprint density at radius 2 is 1.76 bits per heavy atom. The van der Waals surface area contributed by atoms with Gasteiger partial charge in [0.25, 0.3) is 0 Å². The first-order valence-corrected chi connectivity index (χ1v) is 7.49. The van der Waals surface area contributed by atoms with E-state index in [4.69, 9.17) is 4.74 Å². The number of carbonyl (C=O) groups excluding carboxylic acids is 1. The summed E-state index contributed by atoms with van der Waals surface area (Å²) in [4.78, 5) is 13.7. The van der Waals surface area contributed by atoms with Gasteiger partial charge in [0.05, 0.1) is 5.56 Å². The first-order valence-electron chi connectivity index (χ1n) is 7.49. The molecular formula is C17H27NO3. The van der Waals surface area contributed by atoms with E-state index in [2.05, 4.69) is 32.6 Å². The number of Topliss-reactive ketones (excluding diaryl/α,β-unsaturated/α-hetero) is 1. The highest BCUT2D eigenvalue weighted by Crippen LogP contribution is 2.18. The van der Waals surface area contributed by atoms with E-state index in [0.717, 1.165) is 0 Å². The van der Waals surface area contributed by atoms with Crippen LogP contribution in [0, 0.1) is 0 Å². The Morgan fingerprint density at radius 3 is 2.29 bits per heavy atom. The Bertz CT molecular complexity index is 449. The number of carbonyl (C=O) groups is 1. The lowest BCUT2D eigenvalue weighted by molar-refractivity contribution is 0.0442. The number of nitrogens with zero attached hydrogens (tertiary/aromatic N) is 1. The molecule has 4 heteroatoms. The quantitative estimate of drug-likeness (QED) is 0.749. The standard InChI is InChI=1S/C17H27NO3/c1-12(2)18(13(3)4)10-15(20)11-21-17-9-7-6-8-16(17)14(5)19/h6-9,12-13,15,20H,10-11H2,1-5H3/t15-/m1/s1. The summed E-state index contributed by atoms with van der Waals surface area (Å²) in [5, 5.41) is 10.2. The van der Waals surface area contributed by atoms with Gasteiger partial charge in [0.1, 0.15) is 18.5 Å². The van der Waals surface area contributed by atoms with Crippen LogP contribution in [0.4, 0.5) is 0 Å². The van der Waals surface area contributed by atoms with Crippen molar-refractivity contribution < 1.29 is 14.6 Å². The summed E-state index contributed by atoms with van der Waals surface area (Å²) in [6.07, 6.45) is -0.588. The molecule has 1 aromatic carbocycles. The molecule has 118 valence electrons. The fourth-order valence-corrected chi connectivity index (χ4v) is 2.38. The molecule has 0 aliphatic rings. The van der Waals surface area contributed by atoms with Gasteiger partial charge in [-0.05, 0) is 46.8 Å². The monoisotopic (exact) mass is 293 g/mol. The van der Waals surface area contributed by atoms with Gasteiger partial charge in [0.2, 0.25) is 0 Å². The average Bonchev–Trinajstić information content (AvgIpc) is 2.42. The van der Waals surface area contributed by atoms with Gasteiger partial charge in [0, 0.05) is 18.6 Å². The van der Waals surface area contributed by atoms with Crippen LogP contribution in [0.2, 0.25) is 0 Å². The molecule has 0 unspecified atom stereocenters. The summed E-state index contributed by atoms with van der Waals surface area (Å²) in [5.74, 6) is 0.496. The van der Waals surface area contributed by atoms with Crippen molar-refractivity contribution in [2.45, 2.75) is 52.8 Å². The lowest BCUT2D eigenvalue weighted by Crippen LogP contribution is -2.43. The minimum Gasteiger partial charge on any atom is -0.490 e. The summed E-state index contributed by atoms with van der Waals surface area (Å²) >= 11 is 0. The van der Waals surface area contributed by atoms with Crippen LogP contribution in [-0.4, -0.2) is 47.1 Å². The molecule has 0 fully saturated rings. The number of rotatable bonds is 8. The number of hydrogen-bond donors (Lipinski definition) is 1. The van der Waals surface area contributed by atoms with Crippen LogP contribution in [-0.2, 0) is 0 Å². The topological polar surface area (TPSA) is 49.8 Å². The largest absolute Gasteiger partial charge is 0.490 e. The van der Waals surface area contributed by atoms with Crippen molar-refractivity contribution >= 4 is 5.78 Å². The summed E-state index contributed by atoms with van der Waals surface area (Å²) in [7, 11) is 0. The summed E-state index contributed by atoms with van der Waals surface area (Å²) < 4.78 is 5.62. The smallest absolute Gasteiger partial charge is 0.163 e. The highest BCUT2D eigenvalue weighted by Gasteiger charge is 2.18. The maximum absolute atomic E-state index is 11.5. The number of aliphatic hydroxyl groups excluding tert-OH is 1. The molecule has 4 nitrogen and oxygen atoms in total.